The van der Waals surface area contributed by atoms with Gasteiger partial charge in [-0.1, -0.05) is 32.9 Å². The number of halogens is 3. The number of hydrogen-bond donors (Lipinski definition) is 1. The van der Waals surface area contributed by atoms with Crippen LogP contribution in [0.5, 0.6) is 0 Å². The normalized spacial score (nSPS) is 13.6. The van der Waals surface area contributed by atoms with E-state index < -0.39 is 29.1 Å². The molecule has 3 nitrogen and oxygen atoms in total. The minimum Gasteiger partial charge on any atom is -0.349 e. The standard InChI is InChI=1S/C16H20F3NO2/c1-10(20-14(22)9-13(21)15(2,3)4)11-6-5-7-12(8-11)16(17,18)19/h5-8,10H,9H2,1-4H3,(H,20,22)/t10-/m0/s1. The average molecular weight is 315 g/mol. The number of nitrogens with one attached hydrogen (secondary N) is 1. The van der Waals surface area contributed by atoms with Crippen molar-refractivity contribution in [2.24, 2.45) is 5.41 Å². The molecule has 0 saturated carbocycles. The summed E-state index contributed by atoms with van der Waals surface area (Å²) in [7, 11) is 0. The van der Waals surface area contributed by atoms with Crippen molar-refractivity contribution in [3.05, 3.63) is 35.4 Å². The molecule has 0 fully saturated rings. The van der Waals surface area contributed by atoms with Crippen molar-refractivity contribution in [1.29, 1.82) is 0 Å². The molecule has 0 bridgehead atoms. The van der Waals surface area contributed by atoms with E-state index in [1.165, 1.54) is 12.1 Å². The summed E-state index contributed by atoms with van der Waals surface area (Å²) in [4.78, 5) is 23.6. The molecule has 0 unspecified atom stereocenters. The van der Waals surface area contributed by atoms with Gasteiger partial charge in [-0.05, 0) is 24.6 Å². The molecule has 0 saturated heterocycles. The van der Waals surface area contributed by atoms with Crippen molar-refractivity contribution in [2.45, 2.75) is 46.3 Å². The van der Waals surface area contributed by atoms with Gasteiger partial charge in [0.25, 0.3) is 0 Å². The molecule has 0 aliphatic heterocycles. The largest absolute Gasteiger partial charge is 0.416 e. The predicted molar refractivity (Wildman–Crippen MR) is 77.1 cm³/mol. The quantitative estimate of drug-likeness (QED) is 0.857. The molecule has 0 spiro atoms. The van der Waals surface area contributed by atoms with E-state index >= 15 is 0 Å². The van der Waals surface area contributed by atoms with Crippen molar-refractivity contribution in [3.8, 4) is 0 Å². The summed E-state index contributed by atoms with van der Waals surface area (Å²) in [5, 5.41) is 2.55. The molecule has 1 atom stereocenters. The maximum atomic E-state index is 12.7. The number of Topliss-reactive ketones (excluding diaryl/α,β-unsaturated/α-hetero) is 1. The van der Waals surface area contributed by atoms with Crippen LogP contribution in [0.3, 0.4) is 0 Å². The maximum Gasteiger partial charge on any atom is 0.416 e. The van der Waals surface area contributed by atoms with E-state index in [1.807, 2.05) is 0 Å². The SMILES string of the molecule is C[C@H](NC(=O)CC(=O)C(C)(C)C)c1cccc(C(F)(F)F)c1. The highest BCUT2D eigenvalue weighted by Gasteiger charge is 2.31. The first-order valence-corrected chi connectivity index (χ1v) is 6.91. The van der Waals surface area contributed by atoms with Crippen molar-refractivity contribution in [1.82, 2.24) is 5.32 Å². The van der Waals surface area contributed by atoms with E-state index in [-0.39, 0.29) is 12.2 Å². The Morgan fingerprint density at radius 1 is 1.18 bits per heavy atom. The second kappa shape index (κ2) is 6.50. The van der Waals surface area contributed by atoms with Gasteiger partial charge < -0.3 is 5.32 Å². The van der Waals surface area contributed by atoms with E-state index in [0.29, 0.717) is 5.56 Å². The third-order valence-electron chi connectivity index (χ3n) is 3.25. The molecule has 1 N–H and O–H groups in total. The zero-order valence-corrected chi connectivity index (χ0v) is 13.0. The lowest BCUT2D eigenvalue weighted by Gasteiger charge is -2.19. The van der Waals surface area contributed by atoms with Gasteiger partial charge in [-0.3, -0.25) is 9.59 Å². The molecule has 1 amide bonds. The number of benzene rings is 1. The highest BCUT2D eigenvalue weighted by Crippen LogP contribution is 2.30. The number of ketones is 1. The van der Waals surface area contributed by atoms with E-state index in [9.17, 15) is 22.8 Å². The summed E-state index contributed by atoms with van der Waals surface area (Å²) in [5.41, 5.74) is -1.06. The molecule has 1 aromatic rings. The first kappa shape index (κ1) is 18.2. The predicted octanol–water partition coefficient (Wildman–Crippen LogP) is 3.89. The number of alkyl halides is 3. The Bertz CT molecular complexity index is 559. The first-order chi connectivity index (χ1) is 9.91. The zero-order valence-electron chi connectivity index (χ0n) is 13.0. The second-order valence-corrected chi connectivity index (χ2v) is 6.26. The summed E-state index contributed by atoms with van der Waals surface area (Å²) in [6, 6.07) is 4.16. The van der Waals surface area contributed by atoms with Gasteiger partial charge in [-0.25, -0.2) is 0 Å². The number of carbonyl (C=O) groups is 2. The molecule has 6 heteroatoms. The van der Waals surface area contributed by atoms with Crippen LogP contribution in [0.4, 0.5) is 13.2 Å². The average Bonchev–Trinajstić information content (AvgIpc) is 2.36. The molecule has 0 aliphatic carbocycles. The van der Waals surface area contributed by atoms with Crippen LogP contribution in [0, 0.1) is 5.41 Å². The minimum atomic E-state index is -4.43. The number of carbonyl (C=O) groups excluding carboxylic acids is 2. The molecule has 1 rings (SSSR count). The maximum absolute atomic E-state index is 12.7. The van der Waals surface area contributed by atoms with Crippen molar-refractivity contribution in [3.63, 3.8) is 0 Å². The molecule has 22 heavy (non-hydrogen) atoms. The molecule has 0 radical (unpaired) electrons. The van der Waals surface area contributed by atoms with E-state index in [2.05, 4.69) is 5.32 Å². The third-order valence-corrected chi connectivity index (χ3v) is 3.25. The van der Waals surface area contributed by atoms with E-state index in [4.69, 9.17) is 0 Å². The number of amides is 1. The monoisotopic (exact) mass is 315 g/mol. The summed E-state index contributed by atoms with van der Waals surface area (Å²) >= 11 is 0. The van der Waals surface area contributed by atoms with Crippen LogP contribution >= 0.6 is 0 Å². The Morgan fingerprint density at radius 3 is 2.27 bits per heavy atom. The Kier molecular flexibility index (Phi) is 5.38. The van der Waals surface area contributed by atoms with Gasteiger partial charge >= 0.3 is 6.18 Å². The summed E-state index contributed by atoms with van der Waals surface area (Å²) in [5.74, 6) is -0.717. The fourth-order valence-electron chi connectivity index (χ4n) is 1.77. The molecule has 1 aromatic carbocycles. The van der Waals surface area contributed by atoms with Gasteiger partial charge in [0.2, 0.25) is 5.91 Å². The number of hydrogen-bond acceptors (Lipinski definition) is 2. The smallest absolute Gasteiger partial charge is 0.349 e. The Hall–Kier alpha value is -1.85. The minimum absolute atomic E-state index is 0.221. The van der Waals surface area contributed by atoms with Crippen molar-refractivity contribution in [2.75, 3.05) is 0 Å². The van der Waals surface area contributed by atoms with Gasteiger partial charge in [-0.2, -0.15) is 13.2 Å². The molecule has 0 heterocycles. The van der Waals surface area contributed by atoms with Crippen molar-refractivity contribution >= 4 is 11.7 Å². The lowest BCUT2D eigenvalue weighted by Crippen LogP contribution is -2.32. The van der Waals surface area contributed by atoms with Crippen LogP contribution in [0.25, 0.3) is 0 Å². The van der Waals surface area contributed by atoms with Crippen LogP contribution in [0.2, 0.25) is 0 Å². The Morgan fingerprint density at radius 2 is 1.77 bits per heavy atom. The van der Waals surface area contributed by atoms with Crippen molar-refractivity contribution < 1.29 is 22.8 Å². The molecule has 0 aliphatic rings. The lowest BCUT2D eigenvalue weighted by atomic mass is 9.89. The summed E-state index contributed by atoms with van der Waals surface area (Å²) < 4.78 is 38.0. The van der Waals surface area contributed by atoms with Crippen LogP contribution in [-0.2, 0) is 15.8 Å². The molecule has 122 valence electrons. The van der Waals surface area contributed by atoms with Crippen LogP contribution in [0.15, 0.2) is 24.3 Å². The topological polar surface area (TPSA) is 46.2 Å². The van der Waals surface area contributed by atoms with Gasteiger partial charge in [0.1, 0.15) is 5.78 Å². The molecular formula is C16H20F3NO2. The highest BCUT2D eigenvalue weighted by molar-refractivity contribution is 6.00. The lowest BCUT2D eigenvalue weighted by molar-refractivity contribution is -0.137. The van der Waals surface area contributed by atoms with Crippen LogP contribution in [-0.4, -0.2) is 11.7 Å². The third kappa shape index (κ3) is 5.16. The number of rotatable bonds is 4. The zero-order chi connectivity index (χ0) is 17.1. The second-order valence-electron chi connectivity index (χ2n) is 6.26. The molecule has 0 aromatic heterocycles. The van der Waals surface area contributed by atoms with E-state index in [0.717, 1.165) is 12.1 Å². The fourth-order valence-corrected chi connectivity index (χ4v) is 1.77. The van der Waals surface area contributed by atoms with Gasteiger partial charge in [-0.15, -0.1) is 0 Å². The Labute approximate surface area is 127 Å². The highest BCUT2D eigenvalue weighted by atomic mass is 19.4. The summed E-state index contributed by atoms with van der Waals surface area (Å²) in [6.07, 6.45) is -4.71. The van der Waals surface area contributed by atoms with Crippen LogP contribution < -0.4 is 5.32 Å². The van der Waals surface area contributed by atoms with Gasteiger partial charge in [0.05, 0.1) is 18.0 Å². The fraction of sp³-hybridized carbons (Fsp3) is 0.500. The van der Waals surface area contributed by atoms with Gasteiger partial charge in [0.15, 0.2) is 0 Å². The molecular weight excluding hydrogens is 295 g/mol. The summed E-state index contributed by atoms with van der Waals surface area (Å²) in [6.45, 7) is 6.70. The van der Waals surface area contributed by atoms with Crippen LogP contribution in [0.1, 0.15) is 51.3 Å². The van der Waals surface area contributed by atoms with Gasteiger partial charge in [0, 0.05) is 5.41 Å². The van der Waals surface area contributed by atoms with E-state index in [1.54, 1.807) is 27.7 Å². The first-order valence-electron chi connectivity index (χ1n) is 6.91. The Balaban J connectivity index is 2.75.